The molecule has 0 saturated carbocycles. The van der Waals surface area contributed by atoms with Crippen LogP contribution in [0.4, 0.5) is 17.1 Å². The van der Waals surface area contributed by atoms with Crippen LogP contribution in [0.3, 0.4) is 0 Å². The normalized spacial score (nSPS) is 11.7. The highest BCUT2D eigenvalue weighted by Crippen LogP contribution is 2.42. The molecule has 4 heteroatoms. The van der Waals surface area contributed by atoms with Crippen molar-refractivity contribution < 1.29 is 4.42 Å². The van der Waals surface area contributed by atoms with Gasteiger partial charge in [0.15, 0.2) is 0 Å². The number of rotatable bonds is 4. The molecule has 0 aliphatic rings. The number of aromatic nitrogens is 1. The van der Waals surface area contributed by atoms with Crippen LogP contribution in [0.2, 0.25) is 0 Å². The van der Waals surface area contributed by atoms with E-state index in [1.165, 1.54) is 31.3 Å². The minimum Gasteiger partial charge on any atom is -0.437 e. The first-order valence-corrected chi connectivity index (χ1v) is 15.2. The molecule has 3 heterocycles. The van der Waals surface area contributed by atoms with Gasteiger partial charge in [-0.05, 0) is 77.2 Å². The van der Waals surface area contributed by atoms with E-state index in [9.17, 15) is 0 Å². The monoisotopic (exact) mass is 568 g/mol. The van der Waals surface area contributed by atoms with Gasteiger partial charge in [-0.1, -0.05) is 78.9 Å². The van der Waals surface area contributed by atoms with Crippen molar-refractivity contribution in [3.05, 3.63) is 146 Å². The van der Waals surface area contributed by atoms with E-state index < -0.39 is 0 Å². The fourth-order valence-corrected chi connectivity index (χ4v) is 7.39. The number of benzene rings is 6. The van der Waals surface area contributed by atoms with E-state index in [2.05, 4.69) is 143 Å². The predicted molar refractivity (Wildman–Crippen MR) is 182 cm³/mol. The lowest BCUT2D eigenvalue weighted by Crippen LogP contribution is -2.09. The number of fused-ring (bicyclic) bond motifs is 8. The quantitative estimate of drug-likeness (QED) is 0.211. The molecule has 6 aromatic carbocycles. The van der Waals surface area contributed by atoms with Crippen LogP contribution in [-0.2, 0) is 0 Å². The summed E-state index contributed by atoms with van der Waals surface area (Å²) in [7, 11) is 0. The number of nitrogens with zero attached hydrogens (tertiary/aromatic N) is 2. The Morgan fingerprint density at radius 2 is 1.16 bits per heavy atom. The van der Waals surface area contributed by atoms with Gasteiger partial charge in [-0.2, -0.15) is 0 Å². The largest absolute Gasteiger partial charge is 0.437 e. The summed E-state index contributed by atoms with van der Waals surface area (Å²) in [6, 6.07) is 49.8. The third kappa shape index (κ3) is 3.92. The molecule has 0 fully saturated rings. The van der Waals surface area contributed by atoms with Crippen LogP contribution in [0.5, 0.6) is 0 Å². The van der Waals surface area contributed by atoms with Gasteiger partial charge in [-0.3, -0.25) is 0 Å². The lowest BCUT2D eigenvalue weighted by Gasteiger charge is -2.26. The second-order valence-corrected chi connectivity index (χ2v) is 11.9. The number of pyridine rings is 1. The molecule has 202 valence electrons. The van der Waals surface area contributed by atoms with E-state index >= 15 is 0 Å². The van der Waals surface area contributed by atoms with E-state index in [0.717, 1.165) is 44.2 Å². The summed E-state index contributed by atoms with van der Waals surface area (Å²) in [6.45, 7) is 0. The van der Waals surface area contributed by atoms with Crippen molar-refractivity contribution in [3.8, 4) is 11.1 Å². The fraction of sp³-hybridized carbons (Fsp3) is 0. The summed E-state index contributed by atoms with van der Waals surface area (Å²) in [4.78, 5) is 6.83. The third-order valence-electron chi connectivity index (χ3n) is 8.33. The molecule has 0 unspecified atom stereocenters. The summed E-state index contributed by atoms with van der Waals surface area (Å²) in [6.07, 6.45) is 1.78. The first-order chi connectivity index (χ1) is 21.3. The van der Waals surface area contributed by atoms with Crippen LogP contribution in [0, 0.1) is 0 Å². The SMILES string of the molecule is c1ccc(-c2ccc(N(c3ccc4c(c3)sc3ccccc34)c3ccc4ccc5c6cccnc6oc5c4c3)cc2)cc1. The predicted octanol–water partition coefficient (Wildman–Crippen LogP) is 11.6. The summed E-state index contributed by atoms with van der Waals surface area (Å²) in [5, 5.41) is 6.92. The Morgan fingerprint density at radius 1 is 0.488 bits per heavy atom. The van der Waals surface area contributed by atoms with Crippen LogP contribution >= 0.6 is 11.3 Å². The standard InChI is InChI=1S/C39H24N2OS/c1-2-7-25(8-3-1)26-12-16-28(17-13-26)41(30-19-21-32-31-9-4-5-11-36(31)43-37(32)24-30)29-18-14-27-15-20-33-34-10-6-22-40-39(34)42-38(33)35(27)23-29/h1-24H. The van der Waals surface area contributed by atoms with Gasteiger partial charge < -0.3 is 9.32 Å². The smallest absolute Gasteiger partial charge is 0.227 e. The molecule has 0 amide bonds. The molecule has 0 bridgehead atoms. The summed E-state index contributed by atoms with van der Waals surface area (Å²) >= 11 is 1.84. The Bertz CT molecular complexity index is 2460. The number of hydrogen-bond donors (Lipinski definition) is 0. The van der Waals surface area contributed by atoms with E-state index in [1.54, 1.807) is 6.20 Å². The molecular formula is C39H24N2OS. The summed E-state index contributed by atoms with van der Waals surface area (Å²) in [5.41, 5.74) is 7.22. The maximum Gasteiger partial charge on any atom is 0.227 e. The number of hydrogen-bond acceptors (Lipinski definition) is 4. The zero-order chi connectivity index (χ0) is 28.3. The second-order valence-electron chi connectivity index (χ2n) is 10.8. The van der Waals surface area contributed by atoms with Crippen LogP contribution in [0.15, 0.2) is 150 Å². The highest BCUT2D eigenvalue weighted by Gasteiger charge is 2.17. The highest BCUT2D eigenvalue weighted by molar-refractivity contribution is 7.25. The summed E-state index contributed by atoms with van der Waals surface area (Å²) in [5.74, 6) is 0. The van der Waals surface area contributed by atoms with Crippen molar-refractivity contribution in [2.75, 3.05) is 4.90 Å². The molecular weight excluding hydrogens is 545 g/mol. The van der Waals surface area contributed by atoms with E-state index in [-0.39, 0.29) is 0 Å². The zero-order valence-corrected chi connectivity index (χ0v) is 23.9. The maximum atomic E-state index is 6.34. The van der Waals surface area contributed by atoms with Crippen molar-refractivity contribution in [2.24, 2.45) is 0 Å². The molecule has 43 heavy (non-hydrogen) atoms. The minimum absolute atomic E-state index is 0.666. The first-order valence-electron chi connectivity index (χ1n) is 14.4. The average molecular weight is 569 g/mol. The van der Waals surface area contributed by atoms with Crippen LogP contribution in [-0.4, -0.2) is 4.98 Å². The lowest BCUT2D eigenvalue weighted by atomic mass is 10.0. The molecule has 0 aliphatic heterocycles. The molecule has 0 radical (unpaired) electrons. The van der Waals surface area contributed by atoms with Gasteiger partial charge in [-0.15, -0.1) is 11.3 Å². The average Bonchev–Trinajstić information content (AvgIpc) is 3.64. The third-order valence-corrected chi connectivity index (χ3v) is 9.46. The van der Waals surface area contributed by atoms with Gasteiger partial charge in [0.05, 0.1) is 0 Å². The second kappa shape index (κ2) is 9.55. The molecule has 3 nitrogen and oxygen atoms in total. The van der Waals surface area contributed by atoms with E-state index in [0.29, 0.717) is 5.71 Å². The molecule has 9 aromatic rings. The lowest BCUT2D eigenvalue weighted by molar-refractivity contribution is 0.657. The molecule has 9 rings (SSSR count). The van der Waals surface area contributed by atoms with Crippen molar-refractivity contribution in [1.29, 1.82) is 0 Å². The van der Waals surface area contributed by atoms with Gasteiger partial charge >= 0.3 is 0 Å². The Morgan fingerprint density at radius 3 is 2.07 bits per heavy atom. The van der Waals surface area contributed by atoms with Crippen molar-refractivity contribution >= 4 is 81.4 Å². The Labute approximate surface area is 251 Å². The van der Waals surface area contributed by atoms with Crippen molar-refractivity contribution in [3.63, 3.8) is 0 Å². The fourth-order valence-electron chi connectivity index (χ4n) is 6.25. The van der Waals surface area contributed by atoms with E-state index in [1.807, 2.05) is 17.4 Å². The molecule has 0 saturated heterocycles. The molecule has 0 spiro atoms. The van der Waals surface area contributed by atoms with Gasteiger partial charge in [-0.25, -0.2) is 4.98 Å². The Kier molecular flexibility index (Phi) is 5.37. The minimum atomic E-state index is 0.666. The van der Waals surface area contributed by atoms with Gasteiger partial charge in [0.2, 0.25) is 5.71 Å². The molecule has 0 atom stereocenters. The summed E-state index contributed by atoms with van der Waals surface area (Å²) < 4.78 is 8.92. The first kappa shape index (κ1) is 24.2. The zero-order valence-electron chi connectivity index (χ0n) is 23.1. The van der Waals surface area contributed by atoms with Crippen molar-refractivity contribution in [1.82, 2.24) is 4.98 Å². The van der Waals surface area contributed by atoms with Gasteiger partial charge in [0.1, 0.15) is 5.58 Å². The number of anilines is 3. The Hall–Kier alpha value is -5.45. The van der Waals surface area contributed by atoms with Gasteiger partial charge in [0, 0.05) is 59.6 Å². The number of thiophene rings is 1. The highest BCUT2D eigenvalue weighted by atomic mass is 32.1. The van der Waals surface area contributed by atoms with Crippen LogP contribution in [0.1, 0.15) is 0 Å². The van der Waals surface area contributed by atoms with Crippen LogP contribution in [0.25, 0.3) is 64.1 Å². The van der Waals surface area contributed by atoms with Crippen molar-refractivity contribution in [2.45, 2.75) is 0 Å². The topological polar surface area (TPSA) is 29.3 Å². The van der Waals surface area contributed by atoms with Gasteiger partial charge in [0.25, 0.3) is 0 Å². The number of furan rings is 1. The molecule has 0 aliphatic carbocycles. The van der Waals surface area contributed by atoms with Crippen LogP contribution < -0.4 is 4.90 Å². The maximum absolute atomic E-state index is 6.34. The molecule has 3 aromatic heterocycles. The Balaban J connectivity index is 1.26. The molecule has 0 N–H and O–H groups in total. The van der Waals surface area contributed by atoms with E-state index in [4.69, 9.17) is 4.42 Å².